The number of rotatable bonds is 7. The van der Waals surface area contributed by atoms with Crippen LogP contribution in [0.3, 0.4) is 0 Å². The third-order valence-corrected chi connectivity index (χ3v) is 1.37. The lowest BCUT2D eigenvalue weighted by atomic mass is 10.2. The van der Waals surface area contributed by atoms with Crippen molar-refractivity contribution in [2.75, 3.05) is 13.2 Å². The fourth-order valence-corrected chi connectivity index (χ4v) is 0.715. The average Bonchev–Trinajstić information content (AvgIpc) is 2.23. The van der Waals surface area contributed by atoms with Crippen LogP contribution in [0, 0.1) is 0 Å². The Hall–Kier alpha value is -1.98. The predicted molar refractivity (Wildman–Crippen MR) is 52.4 cm³/mol. The molecule has 0 atom stereocenters. The van der Waals surface area contributed by atoms with Crippen molar-refractivity contribution in [3.8, 4) is 0 Å². The molecule has 0 aliphatic rings. The van der Waals surface area contributed by atoms with E-state index < -0.39 is 43.1 Å². The highest BCUT2D eigenvalue weighted by molar-refractivity contribution is 6.01. The summed E-state index contributed by atoms with van der Waals surface area (Å²) >= 11 is 0. The molecule has 0 bridgehead atoms. The van der Waals surface area contributed by atoms with Crippen LogP contribution in [0.4, 0.5) is 0 Å². The van der Waals surface area contributed by atoms with Gasteiger partial charge in [-0.1, -0.05) is 6.58 Å². The monoisotopic (exact) mass is 228 g/mol. The summed E-state index contributed by atoms with van der Waals surface area (Å²) in [5, 5.41) is 0. The lowest BCUT2D eigenvalue weighted by molar-refractivity contribution is -0.148. The van der Waals surface area contributed by atoms with Crippen molar-refractivity contribution >= 4 is 23.5 Å². The lowest BCUT2D eigenvalue weighted by Crippen LogP contribution is -2.19. The van der Waals surface area contributed by atoms with Gasteiger partial charge < -0.3 is 9.47 Å². The normalized spacial score (nSPS) is 9.06. The van der Waals surface area contributed by atoms with Gasteiger partial charge in [0.05, 0.1) is 6.42 Å². The number of ketones is 2. The molecule has 0 unspecified atom stereocenters. The van der Waals surface area contributed by atoms with E-state index >= 15 is 0 Å². The second kappa shape index (κ2) is 7.33. The second-order valence-corrected chi connectivity index (χ2v) is 2.85. The van der Waals surface area contributed by atoms with E-state index in [2.05, 4.69) is 16.1 Å². The largest absolute Gasteiger partial charge is 0.458 e. The SMILES string of the molecule is C=CC(=O)OCC(=O)CC(=O)COC(C)=O. The Labute approximate surface area is 92.2 Å². The standard InChI is InChI=1S/C10H12O6/c1-3-10(14)16-6-9(13)4-8(12)5-15-7(2)11/h3H,1,4-6H2,2H3. The number of carbonyl (C=O) groups is 4. The van der Waals surface area contributed by atoms with Crippen LogP contribution in [0.1, 0.15) is 13.3 Å². The van der Waals surface area contributed by atoms with Gasteiger partial charge in [0.1, 0.15) is 6.61 Å². The number of esters is 2. The van der Waals surface area contributed by atoms with Gasteiger partial charge >= 0.3 is 11.9 Å². The van der Waals surface area contributed by atoms with Crippen molar-refractivity contribution in [2.24, 2.45) is 0 Å². The number of ether oxygens (including phenoxy) is 2. The summed E-state index contributed by atoms with van der Waals surface area (Å²) < 4.78 is 8.80. The molecular formula is C10H12O6. The molecule has 0 aliphatic carbocycles. The van der Waals surface area contributed by atoms with Crippen LogP contribution in [0.25, 0.3) is 0 Å². The number of hydrogen-bond donors (Lipinski definition) is 0. The van der Waals surface area contributed by atoms with Gasteiger partial charge in [0, 0.05) is 13.0 Å². The van der Waals surface area contributed by atoms with E-state index in [1.807, 2.05) is 0 Å². The Kier molecular flexibility index (Phi) is 6.42. The zero-order valence-electron chi connectivity index (χ0n) is 8.86. The maximum atomic E-state index is 11.0. The first-order chi connectivity index (χ1) is 7.45. The number of carbonyl (C=O) groups excluding carboxylic acids is 4. The summed E-state index contributed by atoms with van der Waals surface area (Å²) in [6.45, 7) is 3.35. The van der Waals surface area contributed by atoms with Crippen LogP contribution in [-0.2, 0) is 28.7 Å². The molecule has 6 heteroatoms. The van der Waals surface area contributed by atoms with Gasteiger partial charge in [0.15, 0.2) is 18.2 Å². The summed E-state index contributed by atoms with van der Waals surface area (Å²) in [4.78, 5) is 43.0. The highest BCUT2D eigenvalue weighted by Gasteiger charge is 2.12. The van der Waals surface area contributed by atoms with Crippen molar-refractivity contribution in [1.82, 2.24) is 0 Å². The quantitative estimate of drug-likeness (QED) is 0.341. The Morgan fingerprint density at radius 2 is 1.56 bits per heavy atom. The van der Waals surface area contributed by atoms with Crippen LogP contribution in [0.5, 0.6) is 0 Å². The van der Waals surface area contributed by atoms with Gasteiger partial charge in [-0.3, -0.25) is 14.4 Å². The highest BCUT2D eigenvalue weighted by Crippen LogP contribution is 1.91. The van der Waals surface area contributed by atoms with Gasteiger partial charge in [0.25, 0.3) is 0 Å². The van der Waals surface area contributed by atoms with E-state index in [4.69, 9.17) is 0 Å². The number of Topliss-reactive ketones (excluding diaryl/α,β-unsaturated/α-hetero) is 2. The van der Waals surface area contributed by atoms with Gasteiger partial charge in [-0.2, -0.15) is 0 Å². The minimum Gasteiger partial charge on any atom is -0.458 e. The first-order valence-electron chi connectivity index (χ1n) is 4.41. The third kappa shape index (κ3) is 7.43. The van der Waals surface area contributed by atoms with E-state index in [-0.39, 0.29) is 0 Å². The van der Waals surface area contributed by atoms with Gasteiger partial charge in [0.2, 0.25) is 0 Å². The van der Waals surface area contributed by atoms with Gasteiger partial charge in [-0.05, 0) is 0 Å². The molecule has 0 radical (unpaired) electrons. The molecule has 0 aromatic heterocycles. The van der Waals surface area contributed by atoms with Gasteiger partial charge in [-0.15, -0.1) is 0 Å². The molecule has 0 saturated heterocycles. The van der Waals surface area contributed by atoms with Crippen LogP contribution in [0.2, 0.25) is 0 Å². The zero-order valence-corrected chi connectivity index (χ0v) is 8.86. The molecule has 6 nitrogen and oxygen atoms in total. The molecule has 0 aliphatic heterocycles. The predicted octanol–water partition coefficient (Wildman–Crippen LogP) is -0.193. The zero-order chi connectivity index (χ0) is 12.6. The lowest BCUT2D eigenvalue weighted by Gasteiger charge is -2.01. The molecule has 0 saturated carbocycles. The topological polar surface area (TPSA) is 86.7 Å². The van der Waals surface area contributed by atoms with Gasteiger partial charge in [-0.25, -0.2) is 4.79 Å². The molecule has 0 heterocycles. The third-order valence-electron chi connectivity index (χ3n) is 1.37. The molecule has 0 fully saturated rings. The van der Waals surface area contributed by atoms with Crippen LogP contribution >= 0.6 is 0 Å². The fourth-order valence-electron chi connectivity index (χ4n) is 0.715. The molecular weight excluding hydrogens is 216 g/mol. The Morgan fingerprint density at radius 1 is 1.06 bits per heavy atom. The Balaban J connectivity index is 3.78. The summed E-state index contributed by atoms with van der Waals surface area (Å²) in [5.41, 5.74) is 0. The molecule has 16 heavy (non-hydrogen) atoms. The minimum absolute atomic E-state index is 0.433. The van der Waals surface area contributed by atoms with Crippen molar-refractivity contribution in [3.63, 3.8) is 0 Å². The van der Waals surface area contributed by atoms with E-state index in [0.29, 0.717) is 0 Å². The van der Waals surface area contributed by atoms with Crippen molar-refractivity contribution in [3.05, 3.63) is 12.7 Å². The van der Waals surface area contributed by atoms with E-state index in [9.17, 15) is 19.2 Å². The molecule has 0 aromatic carbocycles. The summed E-state index contributed by atoms with van der Waals surface area (Å²) in [6, 6.07) is 0. The van der Waals surface area contributed by atoms with E-state index in [0.717, 1.165) is 13.0 Å². The summed E-state index contributed by atoms with van der Waals surface area (Å²) in [7, 11) is 0. The fraction of sp³-hybridized carbons (Fsp3) is 0.400. The van der Waals surface area contributed by atoms with Crippen molar-refractivity contribution in [2.45, 2.75) is 13.3 Å². The average molecular weight is 228 g/mol. The van der Waals surface area contributed by atoms with E-state index in [1.165, 1.54) is 0 Å². The minimum atomic E-state index is -0.735. The second-order valence-electron chi connectivity index (χ2n) is 2.85. The molecule has 88 valence electrons. The summed E-state index contributed by atoms with van der Waals surface area (Å²) in [5.74, 6) is -2.44. The molecule has 0 N–H and O–H groups in total. The van der Waals surface area contributed by atoms with Crippen molar-refractivity contribution in [1.29, 1.82) is 0 Å². The van der Waals surface area contributed by atoms with Crippen LogP contribution in [-0.4, -0.2) is 36.7 Å². The first-order valence-corrected chi connectivity index (χ1v) is 4.41. The van der Waals surface area contributed by atoms with Crippen molar-refractivity contribution < 1.29 is 28.7 Å². The molecule has 0 amide bonds. The number of hydrogen-bond acceptors (Lipinski definition) is 6. The molecule has 0 rings (SSSR count). The maximum absolute atomic E-state index is 11.0. The first kappa shape index (κ1) is 14.0. The highest BCUT2D eigenvalue weighted by atomic mass is 16.5. The van der Waals surface area contributed by atoms with Crippen LogP contribution in [0.15, 0.2) is 12.7 Å². The smallest absolute Gasteiger partial charge is 0.330 e. The molecule has 0 spiro atoms. The summed E-state index contributed by atoms with van der Waals surface area (Å²) in [6.07, 6.45) is 0.478. The maximum Gasteiger partial charge on any atom is 0.330 e. The Morgan fingerprint density at radius 3 is 2.00 bits per heavy atom. The Bertz CT molecular complexity index is 317. The van der Waals surface area contributed by atoms with Crippen LogP contribution < -0.4 is 0 Å². The molecule has 0 aromatic rings. The van der Waals surface area contributed by atoms with E-state index in [1.54, 1.807) is 0 Å².